The molecule has 78 valence electrons. The summed E-state index contributed by atoms with van der Waals surface area (Å²) in [6, 6.07) is 3.89. The van der Waals surface area contributed by atoms with E-state index in [1.807, 2.05) is 18.3 Å². The van der Waals surface area contributed by atoms with Crippen molar-refractivity contribution >= 4 is 39.7 Å². The lowest BCUT2D eigenvalue weighted by atomic mass is 10.1. The number of nitrogens with two attached hydrogens (primary N) is 1. The lowest BCUT2D eigenvalue weighted by Gasteiger charge is -2.04. The molecule has 0 aliphatic heterocycles. The molecule has 0 aliphatic carbocycles. The molecular formula is C10H10ClN3S. The Morgan fingerprint density at radius 1 is 1.67 bits per heavy atom. The first-order valence-corrected chi connectivity index (χ1v) is 5.36. The number of alkyl halides is 1. The minimum atomic E-state index is -0.568. The fraction of sp³-hybridized carbons (Fsp3) is 0.200. The summed E-state index contributed by atoms with van der Waals surface area (Å²) in [5.41, 5.74) is 6.87. The van der Waals surface area contributed by atoms with Gasteiger partial charge in [-0.2, -0.15) is 0 Å². The summed E-state index contributed by atoms with van der Waals surface area (Å²) in [6.45, 7) is 0. The van der Waals surface area contributed by atoms with E-state index >= 15 is 0 Å². The second kappa shape index (κ2) is 4.26. The van der Waals surface area contributed by atoms with Gasteiger partial charge in [-0.3, -0.25) is 0 Å². The smallest absolute Gasteiger partial charge is 0.137 e. The van der Waals surface area contributed by atoms with E-state index in [-0.39, 0.29) is 0 Å². The van der Waals surface area contributed by atoms with Gasteiger partial charge in [0.2, 0.25) is 0 Å². The number of rotatable bonds is 3. The maximum Gasteiger partial charge on any atom is 0.137 e. The van der Waals surface area contributed by atoms with Crippen LogP contribution in [0, 0.1) is 0 Å². The molecule has 0 radical (unpaired) electrons. The summed E-state index contributed by atoms with van der Waals surface area (Å²) in [6.07, 6.45) is 4.24. The molecule has 2 rings (SSSR count). The first-order chi connectivity index (χ1) is 7.18. The third-order valence-corrected chi connectivity index (χ3v) is 3.00. The Kier molecular flexibility index (Phi) is 3.00. The molecule has 0 amide bonds. The van der Waals surface area contributed by atoms with E-state index in [2.05, 4.69) is 9.97 Å². The van der Waals surface area contributed by atoms with Crippen LogP contribution in [0.1, 0.15) is 5.56 Å². The molecule has 0 aromatic carbocycles. The van der Waals surface area contributed by atoms with E-state index in [9.17, 15) is 0 Å². The van der Waals surface area contributed by atoms with Crippen molar-refractivity contribution in [3.63, 3.8) is 0 Å². The van der Waals surface area contributed by atoms with Crippen LogP contribution in [0.5, 0.6) is 0 Å². The number of hydrogen-bond donors (Lipinski definition) is 2. The number of halogens is 1. The highest BCUT2D eigenvalue weighted by atomic mass is 35.5. The number of aromatic amines is 1. The third-order valence-electron chi connectivity index (χ3n) is 2.21. The average molecular weight is 240 g/mol. The minimum Gasteiger partial charge on any atom is -0.346 e. The van der Waals surface area contributed by atoms with Crippen LogP contribution in [-0.4, -0.2) is 20.3 Å². The van der Waals surface area contributed by atoms with Crippen LogP contribution in [0.4, 0.5) is 0 Å². The van der Waals surface area contributed by atoms with Gasteiger partial charge in [-0.15, -0.1) is 11.6 Å². The largest absolute Gasteiger partial charge is 0.346 e. The normalized spacial score (nSPS) is 12.9. The maximum absolute atomic E-state index is 5.71. The molecule has 2 aromatic rings. The van der Waals surface area contributed by atoms with E-state index in [0.29, 0.717) is 11.3 Å². The number of H-pyrrole nitrogens is 1. The Labute approximate surface area is 97.6 Å². The van der Waals surface area contributed by atoms with Gasteiger partial charge in [0.1, 0.15) is 11.1 Å². The van der Waals surface area contributed by atoms with Gasteiger partial charge < -0.3 is 10.7 Å². The summed E-state index contributed by atoms with van der Waals surface area (Å²) in [4.78, 5) is 7.91. The van der Waals surface area contributed by atoms with Crippen LogP contribution in [0.25, 0.3) is 11.0 Å². The number of nitrogens with zero attached hydrogens (tertiary/aromatic N) is 1. The molecule has 2 aromatic heterocycles. The van der Waals surface area contributed by atoms with Crippen molar-refractivity contribution in [2.24, 2.45) is 5.73 Å². The second-order valence-corrected chi connectivity index (χ2v) is 4.25. The Hall–Kier alpha value is -0.970. The Balaban J connectivity index is 2.33. The maximum atomic E-state index is 5.71. The molecule has 1 unspecified atom stereocenters. The predicted octanol–water partition coefficient (Wildman–Crippen LogP) is 2.00. The van der Waals surface area contributed by atoms with Crippen molar-refractivity contribution in [1.82, 2.24) is 9.97 Å². The highest BCUT2D eigenvalue weighted by Crippen LogP contribution is 2.17. The van der Waals surface area contributed by atoms with E-state index in [0.717, 1.165) is 16.6 Å². The molecular weight excluding hydrogens is 230 g/mol. The van der Waals surface area contributed by atoms with Gasteiger partial charge in [0.05, 0.1) is 0 Å². The summed E-state index contributed by atoms with van der Waals surface area (Å²) in [5.74, 6) is 0. The average Bonchev–Trinajstić information content (AvgIpc) is 2.62. The Morgan fingerprint density at radius 3 is 3.20 bits per heavy atom. The van der Waals surface area contributed by atoms with E-state index in [1.54, 1.807) is 6.20 Å². The zero-order valence-corrected chi connectivity index (χ0v) is 9.48. The van der Waals surface area contributed by atoms with Gasteiger partial charge in [-0.1, -0.05) is 12.2 Å². The molecule has 0 saturated carbocycles. The molecule has 5 heteroatoms. The second-order valence-electron chi connectivity index (χ2n) is 3.26. The predicted molar refractivity (Wildman–Crippen MR) is 66.2 cm³/mol. The van der Waals surface area contributed by atoms with Gasteiger partial charge in [0.15, 0.2) is 0 Å². The fourth-order valence-electron chi connectivity index (χ4n) is 1.44. The first kappa shape index (κ1) is 10.5. The zero-order valence-electron chi connectivity index (χ0n) is 7.90. The number of nitrogens with one attached hydrogen (secondary N) is 1. The lowest BCUT2D eigenvalue weighted by Crippen LogP contribution is -2.23. The van der Waals surface area contributed by atoms with Gasteiger partial charge in [0.25, 0.3) is 0 Å². The van der Waals surface area contributed by atoms with Gasteiger partial charge in [0, 0.05) is 29.1 Å². The van der Waals surface area contributed by atoms with Crippen molar-refractivity contribution in [1.29, 1.82) is 0 Å². The van der Waals surface area contributed by atoms with E-state index in [1.165, 1.54) is 0 Å². The van der Waals surface area contributed by atoms with Crippen LogP contribution >= 0.6 is 23.8 Å². The number of aromatic nitrogens is 2. The Morgan fingerprint density at radius 2 is 2.47 bits per heavy atom. The quantitative estimate of drug-likeness (QED) is 0.489. The summed E-state index contributed by atoms with van der Waals surface area (Å²) in [7, 11) is 0. The molecule has 2 heterocycles. The monoisotopic (exact) mass is 239 g/mol. The summed E-state index contributed by atoms with van der Waals surface area (Å²) >= 11 is 10.8. The highest BCUT2D eigenvalue weighted by molar-refractivity contribution is 7.80. The van der Waals surface area contributed by atoms with Gasteiger partial charge in [-0.05, 0) is 17.7 Å². The van der Waals surface area contributed by atoms with Crippen molar-refractivity contribution in [3.05, 3.63) is 30.1 Å². The third kappa shape index (κ3) is 2.17. The van der Waals surface area contributed by atoms with E-state index < -0.39 is 5.50 Å². The molecule has 15 heavy (non-hydrogen) atoms. The number of fused-ring (bicyclic) bond motifs is 1. The van der Waals surface area contributed by atoms with Crippen molar-refractivity contribution in [2.75, 3.05) is 0 Å². The summed E-state index contributed by atoms with van der Waals surface area (Å²) in [5, 5.41) is 1.07. The topological polar surface area (TPSA) is 54.7 Å². The van der Waals surface area contributed by atoms with Crippen LogP contribution in [0.3, 0.4) is 0 Å². The Bertz CT molecular complexity index is 492. The molecule has 1 atom stereocenters. The molecule has 0 fully saturated rings. The highest BCUT2D eigenvalue weighted by Gasteiger charge is 2.10. The number of pyridine rings is 1. The van der Waals surface area contributed by atoms with Crippen LogP contribution in [-0.2, 0) is 6.42 Å². The van der Waals surface area contributed by atoms with Crippen LogP contribution < -0.4 is 5.73 Å². The van der Waals surface area contributed by atoms with Crippen LogP contribution in [0.2, 0.25) is 0 Å². The minimum absolute atomic E-state index is 0.568. The summed E-state index contributed by atoms with van der Waals surface area (Å²) < 4.78 is 0. The zero-order chi connectivity index (χ0) is 10.8. The van der Waals surface area contributed by atoms with Crippen molar-refractivity contribution in [2.45, 2.75) is 11.9 Å². The lowest BCUT2D eigenvalue weighted by molar-refractivity contribution is 1.17. The molecule has 3 nitrogen and oxygen atoms in total. The van der Waals surface area contributed by atoms with E-state index in [4.69, 9.17) is 29.6 Å². The van der Waals surface area contributed by atoms with Gasteiger partial charge >= 0.3 is 0 Å². The molecule has 3 N–H and O–H groups in total. The molecule has 0 aliphatic rings. The van der Waals surface area contributed by atoms with Crippen LogP contribution in [0.15, 0.2) is 24.5 Å². The SMILES string of the molecule is NC(Cl)C(=S)Cc1c[nH]c2ncccc12. The first-order valence-electron chi connectivity index (χ1n) is 4.52. The molecule has 0 bridgehead atoms. The number of hydrogen-bond acceptors (Lipinski definition) is 3. The molecule has 0 saturated heterocycles. The van der Waals surface area contributed by atoms with Crippen molar-refractivity contribution in [3.8, 4) is 0 Å². The molecule has 0 spiro atoms. The van der Waals surface area contributed by atoms with Gasteiger partial charge in [-0.25, -0.2) is 4.98 Å². The number of thiocarbonyl (C=S) groups is 1. The standard InChI is InChI=1S/C10H10ClN3S/c11-9(12)8(15)4-6-5-14-10-7(6)2-1-3-13-10/h1-3,5,9H,4,12H2,(H,13,14). The fourth-order valence-corrected chi connectivity index (χ4v) is 1.68. The van der Waals surface area contributed by atoms with Crippen molar-refractivity contribution < 1.29 is 0 Å².